The minimum atomic E-state index is 0.666. The van der Waals surface area contributed by atoms with E-state index < -0.39 is 0 Å². The SMILES string of the molecule is COc1ccc(CN2CCN(Cc3nc4ccccc4[nH]3)CC2)cn1. The molecular formula is C19H23N5O. The molecular weight excluding hydrogens is 314 g/mol. The first-order chi connectivity index (χ1) is 12.3. The van der Waals surface area contributed by atoms with E-state index >= 15 is 0 Å². The molecule has 6 nitrogen and oxygen atoms in total. The molecule has 1 fully saturated rings. The highest BCUT2D eigenvalue weighted by atomic mass is 16.5. The van der Waals surface area contributed by atoms with Crippen LogP contribution in [0.25, 0.3) is 11.0 Å². The number of hydrogen-bond acceptors (Lipinski definition) is 5. The fraction of sp³-hybridized carbons (Fsp3) is 0.368. The Bertz CT molecular complexity index is 788. The second-order valence-corrected chi connectivity index (χ2v) is 6.46. The number of pyridine rings is 1. The molecule has 0 unspecified atom stereocenters. The Hall–Kier alpha value is -2.44. The molecule has 0 atom stereocenters. The highest BCUT2D eigenvalue weighted by Gasteiger charge is 2.18. The number of nitrogens with zero attached hydrogens (tertiary/aromatic N) is 4. The molecule has 0 saturated carbocycles. The molecule has 3 aromatic rings. The molecule has 0 bridgehead atoms. The highest BCUT2D eigenvalue weighted by Crippen LogP contribution is 2.14. The van der Waals surface area contributed by atoms with Crippen LogP contribution in [0.1, 0.15) is 11.4 Å². The number of ether oxygens (including phenoxy) is 1. The third kappa shape index (κ3) is 3.81. The summed E-state index contributed by atoms with van der Waals surface area (Å²) in [7, 11) is 1.64. The zero-order valence-electron chi connectivity index (χ0n) is 14.5. The average molecular weight is 337 g/mol. The summed E-state index contributed by atoms with van der Waals surface area (Å²) >= 11 is 0. The number of imidazole rings is 1. The summed E-state index contributed by atoms with van der Waals surface area (Å²) in [6.07, 6.45) is 1.90. The van der Waals surface area contributed by atoms with Gasteiger partial charge in [0.2, 0.25) is 5.88 Å². The number of methoxy groups -OCH3 is 1. The predicted molar refractivity (Wildman–Crippen MR) is 97.4 cm³/mol. The van der Waals surface area contributed by atoms with Gasteiger partial charge in [0, 0.05) is 45.0 Å². The Morgan fingerprint density at radius 2 is 1.76 bits per heavy atom. The van der Waals surface area contributed by atoms with E-state index in [0.717, 1.165) is 56.1 Å². The summed E-state index contributed by atoms with van der Waals surface area (Å²) < 4.78 is 5.11. The van der Waals surface area contributed by atoms with E-state index in [9.17, 15) is 0 Å². The van der Waals surface area contributed by atoms with Gasteiger partial charge in [-0.3, -0.25) is 9.80 Å². The Labute approximate surface area is 147 Å². The summed E-state index contributed by atoms with van der Waals surface area (Å²) in [4.78, 5) is 17.3. The maximum absolute atomic E-state index is 5.11. The lowest BCUT2D eigenvalue weighted by molar-refractivity contribution is 0.120. The summed E-state index contributed by atoms with van der Waals surface area (Å²) in [5.41, 5.74) is 3.39. The molecule has 1 aliphatic rings. The summed E-state index contributed by atoms with van der Waals surface area (Å²) in [6.45, 7) is 6.06. The second-order valence-electron chi connectivity index (χ2n) is 6.46. The summed E-state index contributed by atoms with van der Waals surface area (Å²) in [5.74, 6) is 1.72. The largest absolute Gasteiger partial charge is 0.481 e. The second kappa shape index (κ2) is 7.21. The molecule has 1 N–H and O–H groups in total. The number of H-pyrrole nitrogens is 1. The fourth-order valence-electron chi connectivity index (χ4n) is 3.28. The van der Waals surface area contributed by atoms with E-state index in [2.05, 4.69) is 43.0 Å². The fourth-order valence-corrected chi connectivity index (χ4v) is 3.28. The average Bonchev–Trinajstić information content (AvgIpc) is 3.06. The Balaban J connectivity index is 1.30. The van der Waals surface area contributed by atoms with Crippen molar-refractivity contribution in [1.82, 2.24) is 24.8 Å². The van der Waals surface area contributed by atoms with Gasteiger partial charge in [-0.25, -0.2) is 9.97 Å². The summed E-state index contributed by atoms with van der Waals surface area (Å²) in [5, 5.41) is 0. The third-order valence-electron chi connectivity index (χ3n) is 4.69. The van der Waals surface area contributed by atoms with Crippen LogP contribution in [-0.4, -0.2) is 58.0 Å². The zero-order valence-corrected chi connectivity index (χ0v) is 14.5. The normalized spacial score (nSPS) is 16.4. The number of aromatic nitrogens is 3. The van der Waals surface area contributed by atoms with Crippen molar-refractivity contribution in [2.45, 2.75) is 13.1 Å². The molecule has 0 radical (unpaired) electrons. The van der Waals surface area contributed by atoms with Gasteiger partial charge in [0.25, 0.3) is 0 Å². The minimum Gasteiger partial charge on any atom is -0.481 e. The van der Waals surface area contributed by atoms with Gasteiger partial charge in [0.1, 0.15) is 5.82 Å². The van der Waals surface area contributed by atoms with E-state index in [1.54, 1.807) is 7.11 Å². The van der Waals surface area contributed by atoms with Crippen LogP contribution in [0, 0.1) is 0 Å². The quantitative estimate of drug-likeness (QED) is 0.774. The lowest BCUT2D eigenvalue weighted by Gasteiger charge is -2.34. The smallest absolute Gasteiger partial charge is 0.212 e. The number of aromatic amines is 1. The van der Waals surface area contributed by atoms with Gasteiger partial charge in [-0.1, -0.05) is 18.2 Å². The van der Waals surface area contributed by atoms with E-state index in [0.29, 0.717) is 5.88 Å². The van der Waals surface area contributed by atoms with Gasteiger partial charge in [-0.15, -0.1) is 0 Å². The van der Waals surface area contributed by atoms with E-state index in [1.807, 2.05) is 24.4 Å². The van der Waals surface area contributed by atoms with Crippen molar-refractivity contribution < 1.29 is 4.74 Å². The maximum Gasteiger partial charge on any atom is 0.212 e. The molecule has 1 aromatic carbocycles. The number of piperazine rings is 1. The number of hydrogen-bond donors (Lipinski definition) is 1. The number of rotatable bonds is 5. The predicted octanol–water partition coefficient (Wildman–Crippen LogP) is 2.28. The zero-order chi connectivity index (χ0) is 17.1. The van der Waals surface area contributed by atoms with Crippen molar-refractivity contribution in [2.24, 2.45) is 0 Å². The van der Waals surface area contributed by atoms with Crippen molar-refractivity contribution in [3.63, 3.8) is 0 Å². The molecule has 3 heterocycles. The molecule has 6 heteroatoms. The van der Waals surface area contributed by atoms with E-state index in [4.69, 9.17) is 4.74 Å². The molecule has 1 saturated heterocycles. The molecule has 2 aromatic heterocycles. The van der Waals surface area contributed by atoms with Crippen LogP contribution in [0.3, 0.4) is 0 Å². The number of para-hydroxylation sites is 2. The molecule has 0 aliphatic carbocycles. The van der Waals surface area contributed by atoms with Crippen molar-refractivity contribution in [3.05, 3.63) is 54.0 Å². The molecule has 4 rings (SSSR count). The first-order valence-electron chi connectivity index (χ1n) is 8.67. The van der Waals surface area contributed by atoms with Crippen LogP contribution in [-0.2, 0) is 13.1 Å². The first kappa shape index (κ1) is 16.1. The first-order valence-corrected chi connectivity index (χ1v) is 8.67. The van der Waals surface area contributed by atoms with Crippen LogP contribution in [0.2, 0.25) is 0 Å². The number of fused-ring (bicyclic) bond motifs is 1. The Kier molecular flexibility index (Phi) is 4.63. The Morgan fingerprint density at radius 3 is 2.44 bits per heavy atom. The van der Waals surface area contributed by atoms with Gasteiger partial charge in [0.05, 0.1) is 24.7 Å². The van der Waals surface area contributed by atoms with Crippen LogP contribution < -0.4 is 4.74 Å². The van der Waals surface area contributed by atoms with Crippen molar-refractivity contribution in [3.8, 4) is 5.88 Å². The standard InChI is InChI=1S/C19H23N5O/c1-25-19-7-6-15(12-20-19)13-23-8-10-24(11-9-23)14-18-21-16-4-2-3-5-17(16)22-18/h2-7,12H,8-11,13-14H2,1H3,(H,21,22). The van der Waals surface area contributed by atoms with Crippen LogP contribution in [0.5, 0.6) is 5.88 Å². The van der Waals surface area contributed by atoms with Gasteiger partial charge < -0.3 is 9.72 Å². The maximum atomic E-state index is 5.11. The Morgan fingerprint density at radius 1 is 1.00 bits per heavy atom. The molecule has 0 amide bonds. The number of nitrogens with one attached hydrogen (secondary N) is 1. The monoisotopic (exact) mass is 337 g/mol. The molecule has 0 spiro atoms. The van der Waals surface area contributed by atoms with Crippen molar-refractivity contribution in [2.75, 3.05) is 33.3 Å². The van der Waals surface area contributed by atoms with E-state index in [-0.39, 0.29) is 0 Å². The van der Waals surface area contributed by atoms with Crippen LogP contribution in [0.15, 0.2) is 42.6 Å². The minimum absolute atomic E-state index is 0.666. The lowest BCUT2D eigenvalue weighted by atomic mass is 10.2. The van der Waals surface area contributed by atoms with Crippen molar-refractivity contribution in [1.29, 1.82) is 0 Å². The number of benzene rings is 1. The third-order valence-corrected chi connectivity index (χ3v) is 4.69. The lowest BCUT2D eigenvalue weighted by Crippen LogP contribution is -2.45. The van der Waals surface area contributed by atoms with Gasteiger partial charge >= 0.3 is 0 Å². The van der Waals surface area contributed by atoms with Crippen molar-refractivity contribution >= 4 is 11.0 Å². The topological polar surface area (TPSA) is 57.3 Å². The van der Waals surface area contributed by atoms with Crippen LogP contribution >= 0.6 is 0 Å². The van der Waals surface area contributed by atoms with Crippen LogP contribution in [0.4, 0.5) is 0 Å². The summed E-state index contributed by atoms with van der Waals surface area (Å²) in [6, 6.07) is 12.2. The molecule has 130 valence electrons. The van der Waals surface area contributed by atoms with Gasteiger partial charge in [0.15, 0.2) is 0 Å². The van der Waals surface area contributed by atoms with Gasteiger partial charge in [-0.05, 0) is 17.7 Å². The van der Waals surface area contributed by atoms with Gasteiger partial charge in [-0.2, -0.15) is 0 Å². The van der Waals surface area contributed by atoms with E-state index in [1.165, 1.54) is 5.56 Å². The highest BCUT2D eigenvalue weighted by molar-refractivity contribution is 5.74. The molecule has 25 heavy (non-hydrogen) atoms. The molecule has 1 aliphatic heterocycles.